The lowest BCUT2D eigenvalue weighted by Gasteiger charge is -2.13. The molecule has 20 heavy (non-hydrogen) atoms. The second-order valence-electron chi connectivity index (χ2n) is 4.52. The highest BCUT2D eigenvalue weighted by molar-refractivity contribution is 5.76. The van der Waals surface area contributed by atoms with Gasteiger partial charge < -0.3 is 10.4 Å². The van der Waals surface area contributed by atoms with E-state index in [9.17, 15) is 19.2 Å². The average Bonchev–Trinajstić information content (AvgIpc) is 2.37. The largest absolute Gasteiger partial charge is 0.481 e. The van der Waals surface area contributed by atoms with E-state index in [1.165, 1.54) is 19.3 Å². The zero-order valence-corrected chi connectivity index (χ0v) is 11.3. The van der Waals surface area contributed by atoms with Crippen LogP contribution in [-0.2, 0) is 23.2 Å². The van der Waals surface area contributed by atoms with Crippen LogP contribution in [0.2, 0.25) is 0 Å². The van der Waals surface area contributed by atoms with Crippen molar-refractivity contribution in [2.45, 2.75) is 32.4 Å². The minimum atomic E-state index is -0.930. The van der Waals surface area contributed by atoms with Crippen LogP contribution in [-0.4, -0.2) is 32.2 Å². The van der Waals surface area contributed by atoms with Gasteiger partial charge in [-0.3, -0.25) is 23.5 Å². The first-order chi connectivity index (χ1) is 9.31. The highest BCUT2D eigenvalue weighted by atomic mass is 16.4. The minimum Gasteiger partial charge on any atom is -0.481 e. The van der Waals surface area contributed by atoms with Gasteiger partial charge in [0.25, 0.3) is 5.56 Å². The maximum Gasteiger partial charge on any atom is 0.331 e. The van der Waals surface area contributed by atoms with Crippen molar-refractivity contribution in [2.75, 3.05) is 0 Å². The molecule has 0 radical (unpaired) electrons. The number of hydrogen-bond acceptors (Lipinski definition) is 4. The monoisotopic (exact) mass is 283 g/mol. The van der Waals surface area contributed by atoms with Gasteiger partial charge >= 0.3 is 11.7 Å². The summed E-state index contributed by atoms with van der Waals surface area (Å²) in [6, 6.07) is 0.893. The van der Waals surface area contributed by atoms with E-state index in [1.54, 1.807) is 6.92 Å². The van der Waals surface area contributed by atoms with Crippen molar-refractivity contribution in [1.82, 2.24) is 14.5 Å². The van der Waals surface area contributed by atoms with Crippen LogP contribution < -0.4 is 16.6 Å². The number of amides is 1. The highest BCUT2D eigenvalue weighted by Crippen LogP contribution is 1.96. The third kappa shape index (κ3) is 4.38. The van der Waals surface area contributed by atoms with E-state index in [-0.39, 0.29) is 19.0 Å². The van der Waals surface area contributed by atoms with Crippen molar-refractivity contribution < 1.29 is 14.7 Å². The average molecular weight is 283 g/mol. The molecule has 110 valence electrons. The molecule has 2 N–H and O–H groups in total. The van der Waals surface area contributed by atoms with Crippen molar-refractivity contribution in [1.29, 1.82) is 0 Å². The molecule has 1 atom stereocenters. The van der Waals surface area contributed by atoms with Crippen molar-refractivity contribution in [3.8, 4) is 0 Å². The Labute approximate surface area is 114 Å². The lowest BCUT2D eigenvalue weighted by Crippen LogP contribution is -2.42. The quantitative estimate of drug-likeness (QED) is 0.689. The SMILES string of the molecule is CC(CCC(=O)O)NC(=O)Cn1ccc(=O)n(C)c1=O. The highest BCUT2D eigenvalue weighted by Gasteiger charge is 2.11. The molecule has 1 rings (SSSR count). The maximum atomic E-state index is 11.7. The van der Waals surface area contributed by atoms with Gasteiger partial charge in [0, 0.05) is 31.8 Å². The van der Waals surface area contributed by atoms with Gasteiger partial charge in [-0.05, 0) is 13.3 Å². The smallest absolute Gasteiger partial charge is 0.331 e. The number of carbonyl (C=O) groups excluding carboxylic acids is 1. The summed E-state index contributed by atoms with van der Waals surface area (Å²) in [5, 5.41) is 11.1. The maximum absolute atomic E-state index is 11.7. The zero-order valence-electron chi connectivity index (χ0n) is 11.3. The Hall–Kier alpha value is -2.38. The molecule has 0 saturated carbocycles. The summed E-state index contributed by atoms with van der Waals surface area (Å²) >= 11 is 0. The number of carboxylic acids is 1. The number of carbonyl (C=O) groups is 2. The third-order valence-electron chi connectivity index (χ3n) is 2.77. The summed E-state index contributed by atoms with van der Waals surface area (Å²) in [4.78, 5) is 45.0. The first-order valence-electron chi connectivity index (χ1n) is 6.09. The zero-order chi connectivity index (χ0) is 15.3. The molecular weight excluding hydrogens is 266 g/mol. The lowest BCUT2D eigenvalue weighted by atomic mass is 10.2. The number of rotatable bonds is 6. The van der Waals surface area contributed by atoms with Crippen LogP contribution in [0.25, 0.3) is 0 Å². The molecule has 1 heterocycles. The van der Waals surface area contributed by atoms with E-state index in [4.69, 9.17) is 5.11 Å². The Balaban J connectivity index is 2.63. The molecule has 0 bridgehead atoms. The van der Waals surface area contributed by atoms with E-state index in [2.05, 4.69) is 5.32 Å². The second kappa shape index (κ2) is 6.69. The summed E-state index contributed by atoms with van der Waals surface area (Å²) in [5.41, 5.74) is -1.02. The van der Waals surface area contributed by atoms with E-state index in [1.807, 2.05) is 0 Å². The molecule has 1 aromatic heterocycles. The van der Waals surface area contributed by atoms with Gasteiger partial charge in [-0.2, -0.15) is 0 Å². The van der Waals surface area contributed by atoms with Crippen molar-refractivity contribution in [3.05, 3.63) is 33.1 Å². The number of nitrogens with one attached hydrogen (secondary N) is 1. The molecule has 1 aromatic rings. The predicted octanol–water partition coefficient (Wildman–Crippen LogP) is -1.08. The van der Waals surface area contributed by atoms with Crippen LogP contribution >= 0.6 is 0 Å². The molecule has 0 fully saturated rings. The predicted molar refractivity (Wildman–Crippen MR) is 70.4 cm³/mol. The summed E-state index contributed by atoms with van der Waals surface area (Å²) in [5.74, 6) is -1.34. The van der Waals surface area contributed by atoms with Crippen molar-refractivity contribution >= 4 is 11.9 Å². The molecule has 0 aliphatic heterocycles. The molecule has 0 saturated heterocycles. The van der Waals surface area contributed by atoms with Crippen molar-refractivity contribution in [2.24, 2.45) is 7.05 Å². The first-order valence-corrected chi connectivity index (χ1v) is 6.09. The van der Waals surface area contributed by atoms with E-state index < -0.39 is 23.1 Å². The molecule has 1 unspecified atom stereocenters. The van der Waals surface area contributed by atoms with Crippen LogP contribution in [0.5, 0.6) is 0 Å². The molecule has 8 nitrogen and oxygen atoms in total. The molecule has 0 aliphatic rings. The standard InChI is InChI=1S/C12H17N3O5/c1-8(3-4-11(18)19)13-9(16)7-15-6-5-10(17)14(2)12(15)20/h5-6,8H,3-4,7H2,1-2H3,(H,13,16)(H,18,19). The van der Waals surface area contributed by atoms with Crippen LogP contribution in [0, 0.1) is 0 Å². The molecule has 0 spiro atoms. The number of aliphatic carboxylic acids is 1. The van der Waals surface area contributed by atoms with Gasteiger partial charge in [0.15, 0.2) is 0 Å². The molecular formula is C12H17N3O5. The Kier molecular flexibility index (Phi) is 5.24. The van der Waals surface area contributed by atoms with Crippen molar-refractivity contribution in [3.63, 3.8) is 0 Å². The summed E-state index contributed by atoms with van der Waals surface area (Å²) in [6.45, 7) is 1.47. The number of aromatic nitrogens is 2. The second-order valence-corrected chi connectivity index (χ2v) is 4.52. The van der Waals surface area contributed by atoms with E-state index >= 15 is 0 Å². The summed E-state index contributed by atoms with van der Waals surface area (Å²) in [6.07, 6.45) is 1.52. The third-order valence-corrected chi connectivity index (χ3v) is 2.77. The van der Waals surface area contributed by atoms with Crippen LogP contribution in [0.3, 0.4) is 0 Å². The fraction of sp³-hybridized carbons (Fsp3) is 0.500. The minimum absolute atomic E-state index is 0.0404. The Morgan fingerprint density at radius 3 is 2.65 bits per heavy atom. The molecule has 0 aromatic carbocycles. The van der Waals surface area contributed by atoms with Gasteiger partial charge in [0.05, 0.1) is 0 Å². The number of hydrogen-bond donors (Lipinski definition) is 2. The van der Waals surface area contributed by atoms with Gasteiger partial charge in [-0.1, -0.05) is 0 Å². The fourth-order valence-electron chi connectivity index (χ4n) is 1.62. The van der Waals surface area contributed by atoms with Gasteiger partial charge in [0.1, 0.15) is 6.54 Å². The van der Waals surface area contributed by atoms with E-state index in [0.29, 0.717) is 6.42 Å². The molecule has 8 heteroatoms. The topological polar surface area (TPSA) is 110 Å². The first kappa shape index (κ1) is 15.7. The van der Waals surface area contributed by atoms with Crippen LogP contribution in [0.1, 0.15) is 19.8 Å². The summed E-state index contributed by atoms with van der Waals surface area (Å²) < 4.78 is 2.02. The van der Waals surface area contributed by atoms with Crippen LogP contribution in [0.4, 0.5) is 0 Å². The normalized spacial score (nSPS) is 11.9. The van der Waals surface area contributed by atoms with Crippen LogP contribution in [0.15, 0.2) is 21.9 Å². The Morgan fingerprint density at radius 2 is 2.05 bits per heavy atom. The summed E-state index contributed by atoms with van der Waals surface area (Å²) in [7, 11) is 1.33. The van der Waals surface area contributed by atoms with E-state index in [0.717, 1.165) is 9.13 Å². The number of nitrogens with zero attached hydrogens (tertiary/aromatic N) is 2. The van der Waals surface area contributed by atoms with Gasteiger partial charge in [0.2, 0.25) is 5.91 Å². The molecule has 0 aliphatic carbocycles. The van der Waals surface area contributed by atoms with Gasteiger partial charge in [-0.25, -0.2) is 4.79 Å². The molecule has 1 amide bonds. The number of carboxylic acid groups (broad SMARTS) is 1. The Bertz CT molecular complexity index is 616. The Morgan fingerprint density at radius 1 is 1.40 bits per heavy atom. The fourth-order valence-corrected chi connectivity index (χ4v) is 1.62. The lowest BCUT2D eigenvalue weighted by molar-refractivity contribution is -0.137. The van der Waals surface area contributed by atoms with Gasteiger partial charge in [-0.15, -0.1) is 0 Å².